The summed E-state index contributed by atoms with van der Waals surface area (Å²) in [5, 5.41) is 13.6. The van der Waals surface area contributed by atoms with Gasteiger partial charge in [0.05, 0.1) is 4.92 Å². The molecule has 0 aliphatic heterocycles. The van der Waals surface area contributed by atoms with Gasteiger partial charge < -0.3 is 10.1 Å². The maximum Gasteiger partial charge on any atom is 0.348 e. The quantitative estimate of drug-likeness (QED) is 0.442. The van der Waals surface area contributed by atoms with E-state index in [-0.39, 0.29) is 11.4 Å². The van der Waals surface area contributed by atoms with Gasteiger partial charge in [0.2, 0.25) is 0 Å². The molecule has 0 saturated heterocycles. The van der Waals surface area contributed by atoms with Gasteiger partial charge in [-0.15, -0.1) is 11.3 Å². The van der Waals surface area contributed by atoms with Crippen LogP contribution < -0.4 is 5.32 Å². The second kappa shape index (κ2) is 8.52. The first-order valence-electron chi connectivity index (χ1n) is 9.21. The zero-order valence-electron chi connectivity index (χ0n) is 15.8. The monoisotopic (exact) mass is 402 g/mol. The zero-order valence-corrected chi connectivity index (χ0v) is 16.6. The molecule has 0 fully saturated rings. The molecule has 8 heteroatoms. The fourth-order valence-corrected chi connectivity index (χ4v) is 4.50. The van der Waals surface area contributed by atoms with E-state index >= 15 is 0 Å². The molecule has 0 bridgehead atoms. The minimum absolute atomic E-state index is 0.116. The standard InChI is InChI=1S/C20H22N2O5S/c1-3-13-7-8-16-14(9-13)10-17(28-16)20(24)27-11-18(23)21-19-12(2)5-4-6-15(19)22(25)26/h4-6,10,13H,3,7-9,11H2,1-2H3,(H,21,23). The van der Waals surface area contributed by atoms with Crippen LogP contribution in [-0.4, -0.2) is 23.4 Å². The number of esters is 1. The summed E-state index contributed by atoms with van der Waals surface area (Å²) >= 11 is 1.42. The maximum absolute atomic E-state index is 12.3. The number of carbonyl (C=O) groups excluding carboxylic acids is 2. The number of hydrogen-bond acceptors (Lipinski definition) is 6. The number of aryl methyl sites for hydroxylation is 2. The number of nitrogens with one attached hydrogen (secondary N) is 1. The number of carbonyl (C=O) groups is 2. The molecule has 148 valence electrons. The molecule has 28 heavy (non-hydrogen) atoms. The summed E-state index contributed by atoms with van der Waals surface area (Å²) in [4.78, 5) is 36.7. The third-order valence-electron chi connectivity index (χ3n) is 5.01. The van der Waals surface area contributed by atoms with Crippen LogP contribution in [0.15, 0.2) is 24.3 Å². The fourth-order valence-electron chi connectivity index (χ4n) is 3.39. The van der Waals surface area contributed by atoms with Crippen molar-refractivity contribution in [2.75, 3.05) is 11.9 Å². The van der Waals surface area contributed by atoms with E-state index in [0.717, 1.165) is 25.7 Å². The van der Waals surface area contributed by atoms with Crippen molar-refractivity contribution in [1.82, 2.24) is 0 Å². The molecule has 3 rings (SSSR count). The molecule has 1 aromatic heterocycles. The van der Waals surface area contributed by atoms with E-state index in [2.05, 4.69) is 12.2 Å². The molecule has 1 amide bonds. The van der Waals surface area contributed by atoms with Gasteiger partial charge >= 0.3 is 5.97 Å². The Morgan fingerprint density at radius 1 is 1.39 bits per heavy atom. The Labute approximate surface area is 166 Å². The van der Waals surface area contributed by atoms with Gasteiger partial charge in [-0.3, -0.25) is 14.9 Å². The SMILES string of the molecule is CCC1CCc2sc(C(=O)OCC(=O)Nc3c(C)cccc3[N+](=O)[O-])cc2C1. The van der Waals surface area contributed by atoms with Crippen molar-refractivity contribution in [3.05, 3.63) is 55.3 Å². The van der Waals surface area contributed by atoms with Crippen molar-refractivity contribution >= 4 is 34.6 Å². The van der Waals surface area contributed by atoms with Gasteiger partial charge in [0.25, 0.3) is 11.6 Å². The number of fused-ring (bicyclic) bond motifs is 1. The molecule has 0 radical (unpaired) electrons. The van der Waals surface area contributed by atoms with Gasteiger partial charge in [-0.25, -0.2) is 4.79 Å². The Morgan fingerprint density at radius 3 is 2.89 bits per heavy atom. The Bertz CT molecular complexity index is 921. The number of ether oxygens (including phenoxy) is 1. The molecule has 7 nitrogen and oxygen atoms in total. The first-order chi connectivity index (χ1) is 13.4. The van der Waals surface area contributed by atoms with Crippen LogP contribution in [0, 0.1) is 23.0 Å². The van der Waals surface area contributed by atoms with Crippen LogP contribution in [0.2, 0.25) is 0 Å². The van der Waals surface area contributed by atoms with Gasteiger partial charge in [-0.2, -0.15) is 0 Å². The fraction of sp³-hybridized carbons (Fsp3) is 0.400. The van der Waals surface area contributed by atoms with Crippen molar-refractivity contribution in [1.29, 1.82) is 0 Å². The number of hydrogen-bond donors (Lipinski definition) is 1. The van der Waals surface area contributed by atoms with Crippen LogP contribution in [0.3, 0.4) is 0 Å². The summed E-state index contributed by atoms with van der Waals surface area (Å²) in [6.45, 7) is 3.34. The lowest BCUT2D eigenvalue weighted by Crippen LogP contribution is -2.21. The van der Waals surface area contributed by atoms with Crippen molar-refractivity contribution in [3.8, 4) is 0 Å². The van der Waals surface area contributed by atoms with Crippen LogP contribution in [0.25, 0.3) is 0 Å². The van der Waals surface area contributed by atoms with E-state index in [1.807, 2.05) is 6.07 Å². The average Bonchev–Trinajstić information content (AvgIpc) is 3.10. The number of nitro benzene ring substituents is 1. The summed E-state index contributed by atoms with van der Waals surface area (Å²) in [5.74, 6) is -0.498. The highest BCUT2D eigenvalue weighted by Crippen LogP contribution is 2.34. The highest BCUT2D eigenvalue weighted by Gasteiger charge is 2.23. The van der Waals surface area contributed by atoms with E-state index in [1.54, 1.807) is 19.1 Å². The van der Waals surface area contributed by atoms with Gasteiger partial charge in [0, 0.05) is 10.9 Å². The van der Waals surface area contributed by atoms with Crippen molar-refractivity contribution in [3.63, 3.8) is 0 Å². The Balaban J connectivity index is 1.61. The maximum atomic E-state index is 12.3. The predicted molar refractivity (Wildman–Crippen MR) is 107 cm³/mol. The van der Waals surface area contributed by atoms with Crippen molar-refractivity contribution < 1.29 is 19.2 Å². The summed E-state index contributed by atoms with van der Waals surface area (Å²) in [6.07, 6.45) is 4.21. The van der Waals surface area contributed by atoms with E-state index < -0.39 is 23.4 Å². The summed E-state index contributed by atoms with van der Waals surface area (Å²) in [7, 11) is 0. The topological polar surface area (TPSA) is 98.5 Å². The van der Waals surface area contributed by atoms with Crippen molar-refractivity contribution in [2.45, 2.75) is 39.5 Å². The lowest BCUT2D eigenvalue weighted by atomic mass is 9.87. The molecule has 1 N–H and O–H groups in total. The van der Waals surface area contributed by atoms with Crippen LogP contribution in [0.5, 0.6) is 0 Å². The number of amides is 1. The number of nitro groups is 1. The van der Waals surface area contributed by atoms with Gasteiger partial charge in [0.1, 0.15) is 10.6 Å². The summed E-state index contributed by atoms with van der Waals surface area (Å²) in [5.41, 5.74) is 1.68. The molecule has 1 aliphatic carbocycles. The number of para-hydroxylation sites is 1. The minimum atomic E-state index is -0.613. The molecule has 1 aliphatic rings. The van der Waals surface area contributed by atoms with Gasteiger partial charge in [-0.05, 0) is 49.3 Å². The Morgan fingerprint density at radius 2 is 2.18 bits per heavy atom. The second-order valence-corrected chi connectivity index (χ2v) is 8.06. The smallest absolute Gasteiger partial charge is 0.348 e. The van der Waals surface area contributed by atoms with E-state index in [9.17, 15) is 19.7 Å². The zero-order chi connectivity index (χ0) is 20.3. The molecule has 2 aromatic rings. The highest BCUT2D eigenvalue weighted by molar-refractivity contribution is 7.14. The first-order valence-corrected chi connectivity index (χ1v) is 10.0. The number of benzene rings is 1. The Hall–Kier alpha value is -2.74. The molecule has 0 saturated carbocycles. The number of thiophene rings is 1. The van der Waals surface area contributed by atoms with Gasteiger partial charge in [0.15, 0.2) is 6.61 Å². The third-order valence-corrected chi connectivity index (χ3v) is 6.23. The second-order valence-electron chi connectivity index (χ2n) is 6.93. The van der Waals surface area contributed by atoms with Gasteiger partial charge in [-0.1, -0.05) is 25.5 Å². The van der Waals surface area contributed by atoms with Crippen LogP contribution >= 0.6 is 11.3 Å². The lowest BCUT2D eigenvalue weighted by Gasteiger charge is -2.19. The molecule has 0 spiro atoms. The predicted octanol–water partition coefficient (Wildman–Crippen LogP) is 4.28. The normalized spacial score (nSPS) is 15.6. The van der Waals surface area contributed by atoms with E-state index in [0.29, 0.717) is 16.4 Å². The summed E-state index contributed by atoms with van der Waals surface area (Å²) in [6, 6.07) is 6.39. The highest BCUT2D eigenvalue weighted by atomic mass is 32.1. The number of nitrogens with zero attached hydrogens (tertiary/aromatic N) is 1. The van der Waals surface area contributed by atoms with E-state index in [4.69, 9.17) is 4.74 Å². The first kappa shape index (κ1) is 20.0. The van der Waals surface area contributed by atoms with Crippen LogP contribution in [0.4, 0.5) is 11.4 Å². The molecule has 1 heterocycles. The molecular weight excluding hydrogens is 380 g/mol. The molecule has 1 atom stereocenters. The molecule has 1 unspecified atom stereocenters. The lowest BCUT2D eigenvalue weighted by molar-refractivity contribution is -0.384. The van der Waals surface area contributed by atoms with Crippen LogP contribution in [0.1, 0.15) is 45.4 Å². The average molecular weight is 402 g/mol. The number of rotatable bonds is 6. The minimum Gasteiger partial charge on any atom is -0.451 e. The van der Waals surface area contributed by atoms with E-state index in [1.165, 1.54) is 27.8 Å². The summed E-state index contributed by atoms with van der Waals surface area (Å²) < 4.78 is 5.12. The molecule has 1 aromatic carbocycles. The van der Waals surface area contributed by atoms with Crippen LogP contribution in [-0.2, 0) is 22.4 Å². The Kier molecular flexibility index (Phi) is 6.08. The van der Waals surface area contributed by atoms with Crippen molar-refractivity contribution in [2.24, 2.45) is 5.92 Å². The number of anilines is 1. The molecular formula is C20H22N2O5S. The largest absolute Gasteiger partial charge is 0.451 e. The third kappa shape index (κ3) is 4.39.